The number of benzene rings is 7. The van der Waals surface area contributed by atoms with E-state index in [0.717, 1.165) is 29.4 Å². The van der Waals surface area contributed by atoms with Crippen molar-refractivity contribution in [2.45, 2.75) is 50.9 Å². The zero-order chi connectivity index (χ0) is 37.9. The molecule has 1 spiro atoms. The summed E-state index contributed by atoms with van der Waals surface area (Å²) in [6.07, 6.45) is 8.00. The summed E-state index contributed by atoms with van der Waals surface area (Å²) in [7, 11) is 0. The van der Waals surface area contributed by atoms with Gasteiger partial charge in [0.15, 0.2) is 0 Å². The van der Waals surface area contributed by atoms with Gasteiger partial charge in [-0.25, -0.2) is 0 Å². The van der Waals surface area contributed by atoms with Crippen LogP contribution in [0.3, 0.4) is 0 Å². The molecule has 4 bridgehead atoms. The Morgan fingerprint density at radius 3 is 2.05 bits per heavy atom. The molecule has 4 saturated carbocycles. The van der Waals surface area contributed by atoms with Gasteiger partial charge in [-0.3, -0.25) is 0 Å². The molecule has 15 rings (SSSR count). The molecule has 0 N–H and O–H groups in total. The summed E-state index contributed by atoms with van der Waals surface area (Å²) in [4.78, 5) is 5.25. The Hall–Kier alpha value is -6.00. The average Bonchev–Trinajstić information content (AvgIpc) is 3.64. The Labute approximate surface area is 340 Å². The van der Waals surface area contributed by atoms with Gasteiger partial charge in [0.25, 0.3) is 6.71 Å². The van der Waals surface area contributed by atoms with E-state index < -0.39 is 0 Å². The lowest BCUT2D eigenvalue weighted by Gasteiger charge is -2.64. The van der Waals surface area contributed by atoms with E-state index in [4.69, 9.17) is 4.42 Å². The maximum absolute atomic E-state index is 6.28. The van der Waals surface area contributed by atoms with Gasteiger partial charge in [-0.15, -0.1) is 0 Å². The number of fused-ring (bicyclic) bond motifs is 9. The van der Waals surface area contributed by atoms with Crippen LogP contribution >= 0.6 is 0 Å². The van der Waals surface area contributed by atoms with Crippen LogP contribution in [0.5, 0.6) is 0 Å². The summed E-state index contributed by atoms with van der Waals surface area (Å²) in [6, 6.07) is 55.9. The monoisotopic (exact) mass is 746 g/mol. The van der Waals surface area contributed by atoms with Gasteiger partial charge >= 0.3 is 0 Å². The molecule has 0 radical (unpaired) electrons. The molecule has 0 amide bonds. The molecule has 1 aromatic heterocycles. The summed E-state index contributed by atoms with van der Waals surface area (Å²) in [5, 5.41) is 2.33. The Balaban J connectivity index is 1.04. The van der Waals surface area contributed by atoms with E-state index in [2.05, 4.69) is 162 Å². The van der Waals surface area contributed by atoms with Gasteiger partial charge in [0.05, 0.1) is 5.69 Å². The lowest BCUT2D eigenvalue weighted by molar-refractivity contribution is -0.0419. The second kappa shape index (κ2) is 11.3. The van der Waals surface area contributed by atoms with Crippen LogP contribution in [0.15, 0.2) is 150 Å². The zero-order valence-electron chi connectivity index (χ0n) is 32.8. The van der Waals surface area contributed by atoms with Crippen molar-refractivity contribution in [3.05, 3.63) is 162 Å². The topological polar surface area (TPSA) is 19.6 Å². The maximum Gasteiger partial charge on any atom is 0.252 e. The van der Waals surface area contributed by atoms with Crippen molar-refractivity contribution < 1.29 is 4.42 Å². The van der Waals surface area contributed by atoms with Crippen LogP contribution in [-0.4, -0.2) is 6.71 Å². The summed E-state index contributed by atoms with van der Waals surface area (Å²) < 4.78 is 6.28. The van der Waals surface area contributed by atoms with Crippen LogP contribution in [0.4, 0.5) is 34.1 Å². The minimum Gasteiger partial charge on any atom is -0.456 e. The first kappa shape index (κ1) is 32.0. The number of anilines is 6. The molecule has 0 unspecified atom stereocenters. The number of nitrogens with zero attached hydrogens (tertiary/aromatic N) is 2. The van der Waals surface area contributed by atoms with Crippen LogP contribution in [-0.2, 0) is 11.8 Å². The standard InChI is InChI=1S/C54H43BN2O/c1-2-32-17-21-39(22-18-32)56-47-23-19-36(35-20-24-51-41(30-35)40-9-3-6-16-50(40)58-51)31-45(47)55-44-12-7-11-43-53(44)57(49-15-8-14-48(56)52(49)55)46-13-5-4-10-42(46)54(43)37-26-33-25-34(28-37)29-38(54)27-33/h3-24,30-31,33-34,37-38H,2,25-29H2,1H3. The molecule has 3 nitrogen and oxygen atoms in total. The molecule has 7 aliphatic rings. The molecule has 4 aliphatic carbocycles. The van der Waals surface area contributed by atoms with Crippen molar-refractivity contribution in [2.75, 3.05) is 9.80 Å². The highest BCUT2D eigenvalue weighted by molar-refractivity contribution is 7.00. The zero-order valence-corrected chi connectivity index (χ0v) is 32.8. The smallest absolute Gasteiger partial charge is 0.252 e. The summed E-state index contributed by atoms with van der Waals surface area (Å²) in [6.45, 7) is 2.33. The van der Waals surface area contributed by atoms with Gasteiger partial charge in [-0.05, 0) is 161 Å². The van der Waals surface area contributed by atoms with E-state index in [1.54, 1.807) is 11.1 Å². The van der Waals surface area contributed by atoms with E-state index in [-0.39, 0.29) is 12.1 Å². The third-order valence-electron chi connectivity index (χ3n) is 15.8. The Morgan fingerprint density at radius 1 is 0.552 bits per heavy atom. The molecule has 58 heavy (non-hydrogen) atoms. The van der Waals surface area contributed by atoms with Gasteiger partial charge in [0.2, 0.25) is 0 Å². The summed E-state index contributed by atoms with van der Waals surface area (Å²) >= 11 is 0. The lowest BCUT2D eigenvalue weighted by Crippen LogP contribution is -2.64. The fourth-order valence-electron chi connectivity index (χ4n) is 13.8. The minimum absolute atomic E-state index is 0.0656. The molecule has 4 fully saturated rings. The molecule has 4 heterocycles. The van der Waals surface area contributed by atoms with E-state index in [9.17, 15) is 0 Å². The predicted octanol–water partition coefficient (Wildman–Crippen LogP) is 12.0. The van der Waals surface area contributed by atoms with Gasteiger partial charge in [0, 0.05) is 44.6 Å². The number of hydrogen-bond donors (Lipinski definition) is 0. The second-order valence-corrected chi connectivity index (χ2v) is 18.4. The van der Waals surface area contributed by atoms with Crippen molar-refractivity contribution >= 4 is 79.2 Å². The van der Waals surface area contributed by atoms with Crippen LogP contribution in [0.2, 0.25) is 0 Å². The summed E-state index contributed by atoms with van der Waals surface area (Å²) in [5.74, 6) is 3.21. The SMILES string of the molecule is CCc1ccc(N2c3ccc(-c4ccc5oc6ccccc6c5c4)cc3B3c4cccc5c4N(c4ccccc4C54C5CC6CC(C5)CC4C6)c4cccc2c43)cc1. The average molecular weight is 747 g/mol. The number of para-hydroxylation sites is 3. The first-order valence-corrected chi connectivity index (χ1v) is 21.8. The second-order valence-electron chi connectivity index (χ2n) is 18.4. The van der Waals surface area contributed by atoms with Crippen molar-refractivity contribution in [3.8, 4) is 11.1 Å². The minimum atomic E-state index is 0.0656. The summed E-state index contributed by atoms with van der Waals surface area (Å²) in [5.41, 5.74) is 21.1. The molecule has 4 heteroatoms. The van der Waals surface area contributed by atoms with Gasteiger partial charge in [-0.1, -0.05) is 97.9 Å². The highest BCUT2D eigenvalue weighted by Gasteiger charge is 2.62. The van der Waals surface area contributed by atoms with E-state index in [1.165, 1.54) is 110 Å². The molecule has 0 atom stereocenters. The van der Waals surface area contributed by atoms with E-state index in [1.807, 2.05) is 0 Å². The van der Waals surface area contributed by atoms with Crippen LogP contribution in [0.25, 0.3) is 33.1 Å². The number of aryl methyl sites for hydroxylation is 1. The maximum atomic E-state index is 6.28. The first-order chi connectivity index (χ1) is 28.7. The fourth-order valence-corrected chi connectivity index (χ4v) is 13.8. The molecule has 0 saturated heterocycles. The van der Waals surface area contributed by atoms with Crippen LogP contribution < -0.4 is 26.2 Å². The van der Waals surface area contributed by atoms with Crippen LogP contribution in [0, 0.1) is 23.7 Å². The van der Waals surface area contributed by atoms with E-state index >= 15 is 0 Å². The van der Waals surface area contributed by atoms with Gasteiger partial charge < -0.3 is 14.2 Å². The lowest BCUT2D eigenvalue weighted by atomic mass is 9.32. The Kier molecular flexibility index (Phi) is 6.27. The van der Waals surface area contributed by atoms with Crippen molar-refractivity contribution in [1.29, 1.82) is 0 Å². The van der Waals surface area contributed by atoms with E-state index in [0.29, 0.717) is 11.8 Å². The predicted molar refractivity (Wildman–Crippen MR) is 240 cm³/mol. The first-order valence-electron chi connectivity index (χ1n) is 21.8. The largest absolute Gasteiger partial charge is 0.456 e. The Bertz CT molecular complexity index is 3020. The number of furan rings is 1. The Morgan fingerprint density at radius 2 is 1.22 bits per heavy atom. The molecule has 7 aromatic carbocycles. The highest BCUT2D eigenvalue weighted by Crippen LogP contribution is 2.69. The molecular formula is C54H43BN2O. The van der Waals surface area contributed by atoms with Gasteiger partial charge in [0.1, 0.15) is 11.2 Å². The highest BCUT2D eigenvalue weighted by atomic mass is 16.3. The normalized spacial score (nSPS) is 24.0. The van der Waals surface area contributed by atoms with Crippen molar-refractivity contribution in [3.63, 3.8) is 0 Å². The molecule has 8 aromatic rings. The molecule has 3 aliphatic heterocycles. The third-order valence-corrected chi connectivity index (χ3v) is 15.8. The third kappa shape index (κ3) is 3.97. The molecule has 278 valence electrons. The quantitative estimate of drug-likeness (QED) is 0.168. The fraction of sp³-hybridized carbons (Fsp3) is 0.222. The van der Waals surface area contributed by atoms with Crippen molar-refractivity contribution in [2.24, 2.45) is 23.7 Å². The molecular weight excluding hydrogens is 703 g/mol. The number of rotatable bonds is 3. The van der Waals surface area contributed by atoms with Crippen LogP contribution in [0.1, 0.15) is 55.7 Å². The number of hydrogen-bond acceptors (Lipinski definition) is 3. The van der Waals surface area contributed by atoms with Gasteiger partial charge in [-0.2, -0.15) is 0 Å². The van der Waals surface area contributed by atoms with Crippen molar-refractivity contribution in [1.82, 2.24) is 0 Å².